The van der Waals surface area contributed by atoms with E-state index in [4.69, 9.17) is 5.11 Å². The van der Waals surface area contributed by atoms with Crippen LogP contribution in [-0.2, 0) is 20.8 Å². The average molecular weight is 355 g/mol. The molecule has 134 valence electrons. The fraction of sp³-hybridized carbons (Fsp3) is 0.625. The van der Waals surface area contributed by atoms with Gasteiger partial charge in [-0.2, -0.15) is 0 Å². The van der Waals surface area contributed by atoms with Gasteiger partial charge in [-0.25, -0.2) is 9.78 Å². The first-order chi connectivity index (χ1) is 11.1. The van der Waals surface area contributed by atoms with E-state index in [1.54, 1.807) is 26.2 Å². The van der Waals surface area contributed by atoms with Crippen molar-refractivity contribution in [3.8, 4) is 0 Å². The largest absolute Gasteiger partial charge is 0.480 e. The second-order valence-electron chi connectivity index (χ2n) is 6.63. The maximum atomic E-state index is 12.0. The van der Waals surface area contributed by atoms with Crippen molar-refractivity contribution in [2.45, 2.75) is 59.4 Å². The number of carboxylic acids is 1. The zero-order valence-electron chi connectivity index (χ0n) is 14.5. The highest BCUT2D eigenvalue weighted by molar-refractivity contribution is 7.13. The zero-order chi connectivity index (χ0) is 18.3. The van der Waals surface area contributed by atoms with Crippen molar-refractivity contribution in [3.05, 3.63) is 11.1 Å². The van der Waals surface area contributed by atoms with E-state index in [9.17, 15) is 14.4 Å². The van der Waals surface area contributed by atoms with Crippen LogP contribution in [-0.4, -0.2) is 33.9 Å². The van der Waals surface area contributed by atoms with Gasteiger partial charge in [0.2, 0.25) is 11.8 Å². The Bertz CT molecular complexity index is 592. The smallest absolute Gasteiger partial charge is 0.326 e. The zero-order valence-corrected chi connectivity index (χ0v) is 15.3. The van der Waals surface area contributed by atoms with Crippen LogP contribution in [0.25, 0.3) is 0 Å². The van der Waals surface area contributed by atoms with Crippen LogP contribution in [0.1, 0.15) is 52.7 Å². The molecule has 1 atom stereocenters. The second kappa shape index (κ2) is 8.77. The van der Waals surface area contributed by atoms with Crippen molar-refractivity contribution in [3.63, 3.8) is 0 Å². The molecule has 3 N–H and O–H groups in total. The van der Waals surface area contributed by atoms with Crippen molar-refractivity contribution in [1.82, 2.24) is 10.3 Å². The molecule has 0 saturated carbocycles. The number of carbonyl (C=O) groups is 3. The molecule has 1 aromatic rings. The molecule has 0 aliphatic carbocycles. The number of thiazole rings is 1. The van der Waals surface area contributed by atoms with Crippen LogP contribution in [0.3, 0.4) is 0 Å². The SMILES string of the molecule is CCCC[C@H](NC(=O)Cc1csc(NC(=O)C(C)(C)C)n1)C(=O)O. The molecule has 0 aromatic carbocycles. The summed E-state index contributed by atoms with van der Waals surface area (Å²) in [4.78, 5) is 39.2. The standard InChI is InChI=1S/C16H25N3O4S/c1-5-6-7-11(13(21)22)18-12(20)8-10-9-24-15(17-10)19-14(23)16(2,3)4/h9,11H,5-8H2,1-4H3,(H,18,20)(H,21,22)(H,17,19,23)/t11-/m0/s1. The summed E-state index contributed by atoms with van der Waals surface area (Å²) < 4.78 is 0. The molecule has 0 aliphatic heterocycles. The fourth-order valence-corrected chi connectivity index (χ4v) is 2.51. The number of nitrogens with zero attached hydrogens (tertiary/aromatic N) is 1. The number of rotatable bonds is 8. The minimum absolute atomic E-state index is 0.0161. The van der Waals surface area contributed by atoms with Crippen LogP contribution < -0.4 is 10.6 Å². The summed E-state index contributed by atoms with van der Waals surface area (Å²) in [6.45, 7) is 7.36. The highest BCUT2D eigenvalue weighted by Crippen LogP contribution is 2.20. The van der Waals surface area contributed by atoms with Gasteiger partial charge in [-0.1, -0.05) is 40.5 Å². The Hall–Kier alpha value is -1.96. The predicted octanol–water partition coefficient (Wildman–Crippen LogP) is 2.43. The van der Waals surface area contributed by atoms with Gasteiger partial charge in [-0.05, 0) is 6.42 Å². The first-order valence-electron chi connectivity index (χ1n) is 7.91. The molecule has 7 nitrogen and oxygen atoms in total. The number of unbranched alkanes of at least 4 members (excludes halogenated alkanes) is 1. The summed E-state index contributed by atoms with van der Waals surface area (Å²) in [6.07, 6.45) is 1.98. The van der Waals surface area contributed by atoms with Crippen molar-refractivity contribution >= 4 is 34.3 Å². The van der Waals surface area contributed by atoms with E-state index < -0.39 is 23.3 Å². The van der Waals surface area contributed by atoms with Crippen LogP contribution in [0.4, 0.5) is 5.13 Å². The lowest BCUT2D eigenvalue weighted by Gasteiger charge is -2.16. The number of hydrogen-bond acceptors (Lipinski definition) is 5. The molecule has 24 heavy (non-hydrogen) atoms. The van der Waals surface area contributed by atoms with E-state index in [1.807, 2.05) is 6.92 Å². The monoisotopic (exact) mass is 355 g/mol. The summed E-state index contributed by atoms with van der Waals surface area (Å²) in [5.41, 5.74) is -0.0293. The number of nitrogens with one attached hydrogen (secondary N) is 2. The summed E-state index contributed by atoms with van der Waals surface area (Å²) in [5.74, 6) is -1.58. The normalized spacial score (nSPS) is 12.5. The molecule has 8 heteroatoms. The number of anilines is 1. The van der Waals surface area contributed by atoms with Crippen molar-refractivity contribution in [1.29, 1.82) is 0 Å². The summed E-state index contributed by atoms with van der Waals surface area (Å²) >= 11 is 1.24. The highest BCUT2D eigenvalue weighted by atomic mass is 32.1. The molecule has 0 saturated heterocycles. The lowest BCUT2D eigenvalue weighted by atomic mass is 9.96. The molecule has 2 amide bonds. The third-order valence-electron chi connectivity index (χ3n) is 3.27. The van der Waals surface area contributed by atoms with Crippen LogP contribution in [0.5, 0.6) is 0 Å². The number of aromatic nitrogens is 1. The maximum Gasteiger partial charge on any atom is 0.326 e. The lowest BCUT2D eigenvalue weighted by molar-refractivity contribution is -0.142. The van der Waals surface area contributed by atoms with Gasteiger partial charge in [0.05, 0.1) is 12.1 Å². The fourth-order valence-electron chi connectivity index (χ4n) is 1.81. The van der Waals surface area contributed by atoms with Crippen molar-refractivity contribution in [2.75, 3.05) is 5.32 Å². The Morgan fingerprint density at radius 1 is 1.33 bits per heavy atom. The Kier molecular flexibility index (Phi) is 7.34. The van der Waals surface area contributed by atoms with E-state index in [0.717, 1.165) is 12.8 Å². The molecule has 1 aromatic heterocycles. The van der Waals surface area contributed by atoms with Gasteiger partial charge in [0.1, 0.15) is 6.04 Å². The molecule has 0 unspecified atom stereocenters. The summed E-state index contributed by atoms with van der Waals surface area (Å²) in [5, 5.41) is 16.4. The van der Waals surface area contributed by atoms with Crippen LogP contribution in [0, 0.1) is 5.41 Å². The molecule has 1 heterocycles. The number of carboxylic acid groups (broad SMARTS) is 1. The minimum Gasteiger partial charge on any atom is -0.480 e. The minimum atomic E-state index is -1.03. The van der Waals surface area contributed by atoms with Crippen molar-refractivity contribution in [2.24, 2.45) is 5.41 Å². The van der Waals surface area contributed by atoms with Gasteiger partial charge in [0, 0.05) is 10.8 Å². The van der Waals surface area contributed by atoms with E-state index in [-0.39, 0.29) is 12.3 Å². The summed E-state index contributed by atoms with van der Waals surface area (Å²) in [7, 11) is 0. The molecule has 0 fully saturated rings. The van der Waals surface area contributed by atoms with E-state index in [2.05, 4.69) is 15.6 Å². The average Bonchev–Trinajstić information content (AvgIpc) is 2.89. The quantitative estimate of drug-likeness (QED) is 0.664. The van der Waals surface area contributed by atoms with Crippen LogP contribution in [0.2, 0.25) is 0 Å². The number of amides is 2. The van der Waals surface area contributed by atoms with Gasteiger partial charge in [-0.3, -0.25) is 9.59 Å². The lowest BCUT2D eigenvalue weighted by Crippen LogP contribution is -2.41. The molecule has 0 aliphatic rings. The van der Waals surface area contributed by atoms with Gasteiger partial charge in [-0.15, -0.1) is 11.3 Å². The molecule has 0 bridgehead atoms. The van der Waals surface area contributed by atoms with E-state index in [0.29, 0.717) is 17.2 Å². The van der Waals surface area contributed by atoms with Gasteiger partial charge in [0.25, 0.3) is 0 Å². The third-order valence-corrected chi connectivity index (χ3v) is 4.08. The van der Waals surface area contributed by atoms with Gasteiger partial charge < -0.3 is 15.7 Å². The number of aliphatic carboxylic acids is 1. The Balaban J connectivity index is 2.59. The van der Waals surface area contributed by atoms with Gasteiger partial charge >= 0.3 is 5.97 Å². The van der Waals surface area contributed by atoms with E-state index >= 15 is 0 Å². The van der Waals surface area contributed by atoms with Crippen molar-refractivity contribution < 1.29 is 19.5 Å². The first-order valence-corrected chi connectivity index (χ1v) is 8.79. The molecular formula is C16H25N3O4S. The summed E-state index contributed by atoms with van der Waals surface area (Å²) in [6, 6.07) is -0.879. The first kappa shape index (κ1) is 20.1. The Morgan fingerprint density at radius 3 is 2.54 bits per heavy atom. The Labute approximate surface area is 145 Å². The Morgan fingerprint density at radius 2 is 2.00 bits per heavy atom. The second-order valence-corrected chi connectivity index (χ2v) is 7.48. The van der Waals surface area contributed by atoms with Gasteiger partial charge in [0.15, 0.2) is 5.13 Å². The third kappa shape index (κ3) is 6.66. The predicted molar refractivity (Wildman–Crippen MR) is 93.0 cm³/mol. The molecule has 0 radical (unpaired) electrons. The highest BCUT2D eigenvalue weighted by Gasteiger charge is 2.23. The van der Waals surface area contributed by atoms with Crippen LogP contribution >= 0.6 is 11.3 Å². The maximum absolute atomic E-state index is 12.0. The van der Waals surface area contributed by atoms with E-state index in [1.165, 1.54) is 11.3 Å². The number of hydrogen-bond donors (Lipinski definition) is 3. The topological polar surface area (TPSA) is 108 Å². The van der Waals surface area contributed by atoms with Crippen LogP contribution in [0.15, 0.2) is 5.38 Å². The molecule has 1 rings (SSSR count). The number of carbonyl (C=O) groups excluding carboxylic acids is 2. The molecule has 0 spiro atoms. The molecular weight excluding hydrogens is 330 g/mol.